The maximum absolute atomic E-state index is 11.5. The first kappa shape index (κ1) is 16.9. The number of hydrogen-bond donors (Lipinski definition) is 1. The lowest BCUT2D eigenvalue weighted by atomic mass is 10.1. The summed E-state index contributed by atoms with van der Waals surface area (Å²) < 4.78 is 4.77. The van der Waals surface area contributed by atoms with Crippen molar-refractivity contribution in [3.8, 4) is 0 Å². The Bertz CT molecular complexity index is 241. The molecule has 0 aliphatic heterocycles. The molecule has 18 heavy (non-hydrogen) atoms. The summed E-state index contributed by atoms with van der Waals surface area (Å²) in [6.07, 6.45) is 6.24. The zero-order valence-corrected chi connectivity index (χ0v) is 12.0. The zero-order chi connectivity index (χ0) is 13.8. The normalized spacial score (nSPS) is 11.9. The van der Waals surface area contributed by atoms with Crippen molar-refractivity contribution < 1.29 is 14.3 Å². The van der Waals surface area contributed by atoms with Gasteiger partial charge in [0.25, 0.3) is 0 Å². The summed E-state index contributed by atoms with van der Waals surface area (Å²) in [5, 5.41) is 2.91. The lowest BCUT2D eigenvalue weighted by Crippen LogP contribution is -2.32. The van der Waals surface area contributed by atoms with E-state index in [9.17, 15) is 9.59 Å². The Morgan fingerprint density at radius 2 is 1.83 bits per heavy atom. The molecule has 1 N–H and O–H groups in total. The van der Waals surface area contributed by atoms with E-state index in [0.29, 0.717) is 6.61 Å². The second kappa shape index (κ2) is 11.1. The minimum absolute atomic E-state index is 0.0638. The van der Waals surface area contributed by atoms with Gasteiger partial charge in [-0.25, -0.2) is 0 Å². The van der Waals surface area contributed by atoms with Gasteiger partial charge in [0.15, 0.2) is 0 Å². The van der Waals surface area contributed by atoms with Gasteiger partial charge in [-0.05, 0) is 20.3 Å². The van der Waals surface area contributed by atoms with Crippen molar-refractivity contribution >= 4 is 11.9 Å². The summed E-state index contributed by atoms with van der Waals surface area (Å²) in [4.78, 5) is 22.6. The first-order valence-corrected chi connectivity index (χ1v) is 7.05. The van der Waals surface area contributed by atoms with Gasteiger partial charge >= 0.3 is 5.97 Å². The maximum atomic E-state index is 11.5. The summed E-state index contributed by atoms with van der Waals surface area (Å²) in [7, 11) is 0. The molecule has 1 atom stereocenters. The van der Waals surface area contributed by atoms with E-state index in [0.717, 1.165) is 12.8 Å². The predicted molar refractivity (Wildman–Crippen MR) is 72.2 cm³/mol. The van der Waals surface area contributed by atoms with Crippen LogP contribution in [0.5, 0.6) is 0 Å². The predicted octanol–water partition coefficient (Wildman–Crippen LogP) is 2.80. The molecule has 0 aromatic rings. The molecule has 0 fully saturated rings. The highest BCUT2D eigenvalue weighted by molar-refractivity contribution is 5.81. The lowest BCUT2D eigenvalue weighted by Gasteiger charge is -2.13. The molecule has 106 valence electrons. The van der Waals surface area contributed by atoms with Crippen molar-refractivity contribution in [3.05, 3.63) is 0 Å². The summed E-state index contributed by atoms with van der Waals surface area (Å²) in [6, 6.07) is 0.191. The Kier molecular flexibility index (Phi) is 10.4. The van der Waals surface area contributed by atoms with Crippen molar-refractivity contribution in [3.63, 3.8) is 0 Å². The summed E-state index contributed by atoms with van der Waals surface area (Å²) in [5.41, 5.74) is 0. The molecule has 0 bridgehead atoms. The van der Waals surface area contributed by atoms with E-state index in [1.165, 1.54) is 19.3 Å². The van der Waals surface area contributed by atoms with Crippen molar-refractivity contribution in [2.24, 2.45) is 0 Å². The fourth-order valence-corrected chi connectivity index (χ4v) is 1.75. The molecule has 0 aliphatic carbocycles. The minimum Gasteiger partial charge on any atom is -0.466 e. The number of nitrogens with one attached hydrogen (secondary N) is 1. The summed E-state index contributed by atoms with van der Waals surface area (Å²) in [6.45, 7) is 6.32. The minimum atomic E-state index is -0.303. The number of unbranched alkanes of at least 4 members (excludes halogenated alkanes) is 3. The highest BCUT2D eigenvalue weighted by Gasteiger charge is 2.10. The lowest BCUT2D eigenvalue weighted by molar-refractivity contribution is -0.144. The summed E-state index contributed by atoms with van der Waals surface area (Å²) in [5.74, 6) is -0.366. The standard InChI is InChI=1S/C14H27NO3/c1-4-6-7-8-9-12(3)15-13(16)10-11-14(17)18-5-2/h12H,4-11H2,1-3H3,(H,15,16). The molecule has 0 aromatic carbocycles. The number of esters is 1. The van der Waals surface area contributed by atoms with Gasteiger partial charge in [-0.1, -0.05) is 32.6 Å². The van der Waals surface area contributed by atoms with Gasteiger partial charge in [-0.2, -0.15) is 0 Å². The average molecular weight is 257 g/mol. The third kappa shape index (κ3) is 10.1. The summed E-state index contributed by atoms with van der Waals surface area (Å²) >= 11 is 0. The van der Waals surface area contributed by atoms with Crippen LogP contribution in [0.1, 0.15) is 65.7 Å². The molecule has 0 saturated carbocycles. The molecule has 0 heterocycles. The van der Waals surface area contributed by atoms with Crippen molar-refractivity contribution in [2.45, 2.75) is 71.8 Å². The Balaban J connectivity index is 3.57. The van der Waals surface area contributed by atoms with Crippen LogP contribution in [0.3, 0.4) is 0 Å². The maximum Gasteiger partial charge on any atom is 0.306 e. The van der Waals surface area contributed by atoms with Crippen LogP contribution in [-0.2, 0) is 14.3 Å². The second-order valence-corrected chi connectivity index (χ2v) is 4.62. The molecule has 0 spiro atoms. The quantitative estimate of drug-likeness (QED) is 0.483. The van der Waals surface area contributed by atoms with E-state index in [1.807, 2.05) is 6.92 Å². The number of carbonyl (C=O) groups is 2. The molecule has 0 saturated heterocycles. The van der Waals surface area contributed by atoms with Gasteiger partial charge in [0.05, 0.1) is 13.0 Å². The van der Waals surface area contributed by atoms with Gasteiger partial charge < -0.3 is 10.1 Å². The highest BCUT2D eigenvalue weighted by Crippen LogP contribution is 2.05. The number of amides is 1. The largest absolute Gasteiger partial charge is 0.466 e. The molecule has 4 heteroatoms. The van der Waals surface area contributed by atoms with Crippen LogP contribution in [0.2, 0.25) is 0 Å². The van der Waals surface area contributed by atoms with E-state index in [-0.39, 0.29) is 30.8 Å². The van der Waals surface area contributed by atoms with E-state index in [2.05, 4.69) is 12.2 Å². The number of hydrogen-bond acceptors (Lipinski definition) is 3. The Hall–Kier alpha value is -1.06. The fraction of sp³-hybridized carbons (Fsp3) is 0.857. The number of carbonyl (C=O) groups excluding carboxylic acids is 2. The van der Waals surface area contributed by atoms with Crippen LogP contribution < -0.4 is 5.32 Å². The van der Waals surface area contributed by atoms with Crippen molar-refractivity contribution in [1.82, 2.24) is 5.32 Å². The molecular formula is C14H27NO3. The van der Waals surface area contributed by atoms with Gasteiger partial charge in [-0.3, -0.25) is 9.59 Å². The topological polar surface area (TPSA) is 55.4 Å². The number of ether oxygens (including phenoxy) is 1. The fourth-order valence-electron chi connectivity index (χ4n) is 1.75. The van der Waals surface area contributed by atoms with Gasteiger partial charge in [-0.15, -0.1) is 0 Å². The van der Waals surface area contributed by atoms with E-state index >= 15 is 0 Å². The van der Waals surface area contributed by atoms with Crippen molar-refractivity contribution in [1.29, 1.82) is 0 Å². The van der Waals surface area contributed by atoms with Gasteiger partial charge in [0.1, 0.15) is 0 Å². The second-order valence-electron chi connectivity index (χ2n) is 4.62. The highest BCUT2D eigenvalue weighted by atomic mass is 16.5. The smallest absolute Gasteiger partial charge is 0.306 e. The Morgan fingerprint density at radius 3 is 2.44 bits per heavy atom. The monoisotopic (exact) mass is 257 g/mol. The van der Waals surface area contributed by atoms with Crippen LogP contribution in [0.4, 0.5) is 0 Å². The third-order valence-corrected chi connectivity index (χ3v) is 2.76. The molecule has 1 unspecified atom stereocenters. The van der Waals surface area contributed by atoms with Gasteiger partial charge in [0, 0.05) is 12.5 Å². The molecule has 1 amide bonds. The van der Waals surface area contributed by atoms with Crippen LogP contribution in [0.25, 0.3) is 0 Å². The van der Waals surface area contributed by atoms with Crippen LogP contribution in [-0.4, -0.2) is 24.5 Å². The molecule has 0 aromatic heterocycles. The van der Waals surface area contributed by atoms with Crippen LogP contribution in [0.15, 0.2) is 0 Å². The average Bonchev–Trinajstić information content (AvgIpc) is 2.32. The molecular weight excluding hydrogens is 230 g/mol. The van der Waals surface area contributed by atoms with Crippen LogP contribution in [0, 0.1) is 0 Å². The molecule has 0 rings (SSSR count). The first-order valence-electron chi connectivity index (χ1n) is 7.05. The Labute approximate surface area is 110 Å². The van der Waals surface area contributed by atoms with E-state index in [4.69, 9.17) is 4.74 Å². The molecule has 0 radical (unpaired) electrons. The van der Waals surface area contributed by atoms with E-state index < -0.39 is 0 Å². The Morgan fingerprint density at radius 1 is 1.11 bits per heavy atom. The third-order valence-electron chi connectivity index (χ3n) is 2.76. The zero-order valence-electron chi connectivity index (χ0n) is 12.0. The first-order chi connectivity index (χ1) is 8.60. The van der Waals surface area contributed by atoms with Crippen LogP contribution >= 0.6 is 0 Å². The SMILES string of the molecule is CCCCCCC(C)NC(=O)CCC(=O)OCC. The van der Waals surface area contributed by atoms with Crippen molar-refractivity contribution in [2.75, 3.05) is 6.61 Å². The number of rotatable bonds is 10. The van der Waals surface area contributed by atoms with E-state index in [1.54, 1.807) is 6.92 Å². The molecule has 0 aliphatic rings. The van der Waals surface area contributed by atoms with Gasteiger partial charge in [0.2, 0.25) is 5.91 Å². The molecule has 4 nitrogen and oxygen atoms in total.